The minimum Gasteiger partial charge on any atom is -0.368 e. The number of halogens is 1. The van der Waals surface area contributed by atoms with Crippen molar-refractivity contribution in [2.75, 3.05) is 6.61 Å². The van der Waals surface area contributed by atoms with Crippen molar-refractivity contribution in [3.63, 3.8) is 0 Å². The van der Waals surface area contributed by atoms with Crippen LogP contribution in [0, 0.1) is 0 Å². The Bertz CT molecular complexity index is 247. The Balaban J connectivity index is 2.39. The fraction of sp³-hybridized carbons (Fsp3) is 0.286. The number of rotatable bonds is 1. The molecule has 0 bridgehead atoms. The molecule has 3 heteroatoms. The molecule has 1 atom stereocenters. The number of aromatic nitrogens is 1. The summed E-state index contributed by atoms with van der Waals surface area (Å²) in [5.41, 5.74) is 1.20. The van der Waals surface area contributed by atoms with Gasteiger partial charge in [0.25, 0.3) is 0 Å². The van der Waals surface area contributed by atoms with Gasteiger partial charge in [-0.1, -0.05) is 0 Å². The molecule has 2 nitrogen and oxygen atoms in total. The summed E-state index contributed by atoms with van der Waals surface area (Å²) in [6, 6.07) is 1.97. The van der Waals surface area contributed by atoms with E-state index in [1.807, 2.05) is 6.07 Å². The maximum absolute atomic E-state index is 5.12. The maximum atomic E-state index is 5.12. The Morgan fingerprint density at radius 1 is 1.70 bits per heavy atom. The van der Waals surface area contributed by atoms with Gasteiger partial charge in [0.1, 0.15) is 6.10 Å². The van der Waals surface area contributed by atoms with Crippen molar-refractivity contribution in [3.8, 4) is 0 Å². The van der Waals surface area contributed by atoms with E-state index in [4.69, 9.17) is 4.74 Å². The Kier molecular flexibility index (Phi) is 1.47. The van der Waals surface area contributed by atoms with E-state index in [1.54, 1.807) is 12.4 Å². The summed E-state index contributed by atoms with van der Waals surface area (Å²) in [7, 11) is 0. The molecule has 1 fully saturated rings. The molecular weight excluding hydrogens is 194 g/mol. The largest absolute Gasteiger partial charge is 0.368 e. The summed E-state index contributed by atoms with van der Waals surface area (Å²) in [4.78, 5) is 3.95. The number of hydrogen-bond acceptors (Lipinski definition) is 2. The minimum absolute atomic E-state index is 0.317. The first-order valence-electron chi connectivity index (χ1n) is 3.09. The average Bonchev–Trinajstić information content (AvgIpc) is 2.71. The van der Waals surface area contributed by atoms with E-state index in [9.17, 15) is 0 Å². The predicted molar refractivity (Wildman–Crippen MR) is 40.6 cm³/mol. The van der Waals surface area contributed by atoms with Crippen LogP contribution in [0.25, 0.3) is 0 Å². The third-order valence-electron chi connectivity index (χ3n) is 1.48. The Morgan fingerprint density at radius 2 is 2.50 bits per heavy atom. The van der Waals surface area contributed by atoms with Crippen LogP contribution in [0.1, 0.15) is 11.7 Å². The van der Waals surface area contributed by atoms with Crippen LogP contribution < -0.4 is 0 Å². The molecule has 10 heavy (non-hydrogen) atoms. The summed E-state index contributed by atoms with van der Waals surface area (Å²) >= 11 is 3.39. The molecule has 0 amide bonds. The van der Waals surface area contributed by atoms with Crippen molar-refractivity contribution in [2.45, 2.75) is 6.10 Å². The molecule has 1 saturated heterocycles. The lowest BCUT2D eigenvalue weighted by atomic mass is 10.2. The van der Waals surface area contributed by atoms with Gasteiger partial charge in [-0.05, 0) is 22.0 Å². The van der Waals surface area contributed by atoms with Crippen molar-refractivity contribution >= 4 is 15.9 Å². The normalized spacial score (nSPS) is 22.7. The van der Waals surface area contributed by atoms with Gasteiger partial charge < -0.3 is 4.74 Å². The third-order valence-corrected chi connectivity index (χ3v) is 2.15. The number of epoxide rings is 1. The topological polar surface area (TPSA) is 25.4 Å². The molecule has 0 unspecified atom stereocenters. The molecule has 2 heterocycles. The first-order valence-corrected chi connectivity index (χ1v) is 3.88. The zero-order valence-corrected chi connectivity index (χ0v) is 6.84. The molecule has 1 aromatic rings. The van der Waals surface area contributed by atoms with E-state index >= 15 is 0 Å². The van der Waals surface area contributed by atoms with Crippen molar-refractivity contribution < 1.29 is 4.74 Å². The molecule has 1 aliphatic rings. The second-order valence-electron chi connectivity index (χ2n) is 2.22. The second kappa shape index (κ2) is 2.32. The van der Waals surface area contributed by atoms with Gasteiger partial charge in [0, 0.05) is 22.4 Å². The van der Waals surface area contributed by atoms with Gasteiger partial charge in [-0.15, -0.1) is 0 Å². The molecular formula is C7H6BrNO. The predicted octanol–water partition coefficient (Wildman–Crippen LogP) is 1.92. The Labute approximate surface area is 67.4 Å². The minimum atomic E-state index is 0.317. The fourth-order valence-electron chi connectivity index (χ4n) is 0.875. The molecule has 0 saturated carbocycles. The third kappa shape index (κ3) is 1.07. The quantitative estimate of drug-likeness (QED) is 0.647. The lowest BCUT2D eigenvalue weighted by Gasteiger charge is -1.95. The molecule has 0 N–H and O–H groups in total. The molecule has 1 aromatic heterocycles. The van der Waals surface area contributed by atoms with Crippen LogP contribution in [0.4, 0.5) is 0 Å². The maximum Gasteiger partial charge on any atom is 0.107 e. The molecule has 0 spiro atoms. The van der Waals surface area contributed by atoms with E-state index < -0.39 is 0 Å². The molecule has 0 aromatic carbocycles. The highest BCUT2D eigenvalue weighted by molar-refractivity contribution is 9.10. The van der Waals surface area contributed by atoms with Gasteiger partial charge in [0.15, 0.2) is 0 Å². The Hall–Kier alpha value is -0.410. The Morgan fingerprint density at radius 3 is 3.10 bits per heavy atom. The lowest BCUT2D eigenvalue weighted by molar-refractivity contribution is 0.415. The highest BCUT2D eigenvalue weighted by Crippen LogP contribution is 2.33. The van der Waals surface area contributed by atoms with Crippen molar-refractivity contribution in [1.29, 1.82) is 0 Å². The SMILES string of the molecule is Brc1cnccc1[C@@H]1CO1. The van der Waals surface area contributed by atoms with Crippen LogP contribution >= 0.6 is 15.9 Å². The number of ether oxygens (including phenoxy) is 1. The molecule has 1 aliphatic heterocycles. The molecule has 2 rings (SSSR count). The first kappa shape index (κ1) is 6.31. The van der Waals surface area contributed by atoms with Crippen LogP contribution in [0.15, 0.2) is 22.9 Å². The second-order valence-corrected chi connectivity index (χ2v) is 3.07. The molecule has 52 valence electrons. The zero-order chi connectivity index (χ0) is 6.97. The summed E-state index contributed by atoms with van der Waals surface area (Å²) < 4.78 is 6.16. The van der Waals surface area contributed by atoms with Gasteiger partial charge in [-0.25, -0.2) is 0 Å². The van der Waals surface area contributed by atoms with Gasteiger partial charge in [0.2, 0.25) is 0 Å². The van der Waals surface area contributed by atoms with E-state index in [0.717, 1.165) is 11.1 Å². The van der Waals surface area contributed by atoms with Crippen molar-refractivity contribution in [2.24, 2.45) is 0 Å². The summed E-state index contributed by atoms with van der Waals surface area (Å²) in [5, 5.41) is 0. The van der Waals surface area contributed by atoms with E-state index in [1.165, 1.54) is 5.56 Å². The summed E-state index contributed by atoms with van der Waals surface area (Å²) in [6.07, 6.45) is 3.89. The van der Waals surface area contributed by atoms with Gasteiger partial charge >= 0.3 is 0 Å². The average molecular weight is 200 g/mol. The summed E-state index contributed by atoms with van der Waals surface area (Å²) in [6.45, 7) is 0.850. The highest BCUT2D eigenvalue weighted by atomic mass is 79.9. The van der Waals surface area contributed by atoms with Gasteiger partial charge in [-0.3, -0.25) is 4.98 Å². The van der Waals surface area contributed by atoms with Crippen LogP contribution in [0.2, 0.25) is 0 Å². The van der Waals surface area contributed by atoms with Gasteiger partial charge in [0.05, 0.1) is 6.61 Å². The molecule has 0 radical (unpaired) electrons. The van der Waals surface area contributed by atoms with E-state index in [-0.39, 0.29) is 0 Å². The number of hydrogen-bond donors (Lipinski definition) is 0. The first-order chi connectivity index (χ1) is 4.88. The fourth-order valence-corrected chi connectivity index (χ4v) is 1.38. The van der Waals surface area contributed by atoms with E-state index in [2.05, 4.69) is 20.9 Å². The smallest absolute Gasteiger partial charge is 0.107 e. The van der Waals surface area contributed by atoms with E-state index in [0.29, 0.717) is 6.10 Å². The number of nitrogens with zero attached hydrogens (tertiary/aromatic N) is 1. The molecule has 0 aliphatic carbocycles. The highest BCUT2D eigenvalue weighted by Gasteiger charge is 2.26. The van der Waals surface area contributed by atoms with Crippen LogP contribution in [-0.4, -0.2) is 11.6 Å². The monoisotopic (exact) mass is 199 g/mol. The van der Waals surface area contributed by atoms with Crippen LogP contribution in [-0.2, 0) is 4.74 Å². The standard InChI is InChI=1S/C7H6BrNO/c8-6-3-9-2-1-5(6)7-4-10-7/h1-3,7H,4H2/t7-/m0/s1. The summed E-state index contributed by atoms with van der Waals surface area (Å²) in [5.74, 6) is 0. The van der Waals surface area contributed by atoms with Crippen LogP contribution in [0.3, 0.4) is 0 Å². The lowest BCUT2D eigenvalue weighted by Crippen LogP contribution is -1.82. The zero-order valence-electron chi connectivity index (χ0n) is 5.25. The van der Waals surface area contributed by atoms with Gasteiger partial charge in [-0.2, -0.15) is 0 Å². The van der Waals surface area contributed by atoms with Crippen molar-refractivity contribution in [1.82, 2.24) is 4.98 Å². The van der Waals surface area contributed by atoms with Crippen LogP contribution in [0.5, 0.6) is 0 Å². The van der Waals surface area contributed by atoms with Crippen molar-refractivity contribution in [3.05, 3.63) is 28.5 Å². The number of pyridine rings is 1.